The number of methoxy groups -OCH3 is 1. The number of hydrogen-bond donors (Lipinski definition) is 2. The summed E-state index contributed by atoms with van der Waals surface area (Å²) in [4.78, 5) is 69.3. The van der Waals surface area contributed by atoms with E-state index < -0.39 is 59.6 Å². The molecule has 12 heteroatoms. The Hall–Kier alpha value is -3.67. The lowest BCUT2D eigenvalue weighted by molar-refractivity contribution is -0.154. The molecule has 45 heavy (non-hydrogen) atoms. The number of carbonyl (C=O) groups excluding carboxylic acids is 5. The van der Waals surface area contributed by atoms with Crippen molar-refractivity contribution >= 4 is 29.8 Å². The van der Waals surface area contributed by atoms with E-state index in [4.69, 9.17) is 14.2 Å². The Balaban J connectivity index is 1.48. The summed E-state index contributed by atoms with van der Waals surface area (Å²) in [6.07, 6.45) is 4.48. The number of benzene rings is 1. The van der Waals surface area contributed by atoms with Crippen LogP contribution in [-0.2, 0) is 40.0 Å². The second-order valence-electron chi connectivity index (χ2n) is 13.3. The van der Waals surface area contributed by atoms with E-state index in [1.54, 1.807) is 37.5 Å². The smallest absolute Gasteiger partial charge is 0.410 e. The molecule has 1 aromatic rings. The molecular formula is C33H48N4O8. The predicted octanol–water partition coefficient (Wildman–Crippen LogP) is 2.78. The Morgan fingerprint density at radius 2 is 1.67 bits per heavy atom. The van der Waals surface area contributed by atoms with Gasteiger partial charge < -0.3 is 29.3 Å². The molecule has 3 amide bonds. The number of rotatable bonds is 10. The normalized spacial score (nSPS) is 23.1. The van der Waals surface area contributed by atoms with Gasteiger partial charge in [-0.3, -0.25) is 24.5 Å². The Bertz CT molecular complexity index is 1210. The van der Waals surface area contributed by atoms with Crippen molar-refractivity contribution in [2.45, 2.75) is 103 Å². The minimum atomic E-state index is -0.806. The second-order valence-corrected chi connectivity index (χ2v) is 13.3. The van der Waals surface area contributed by atoms with E-state index >= 15 is 0 Å². The number of likely N-dealkylation sites (tertiary alicyclic amines) is 2. The summed E-state index contributed by atoms with van der Waals surface area (Å²) in [7, 11) is 1.30. The van der Waals surface area contributed by atoms with Crippen LogP contribution in [0.4, 0.5) is 4.79 Å². The topological polar surface area (TPSA) is 144 Å². The monoisotopic (exact) mass is 628 g/mol. The van der Waals surface area contributed by atoms with Gasteiger partial charge in [-0.05, 0) is 58.4 Å². The van der Waals surface area contributed by atoms with Gasteiger partial charge in [0.25, 0.3) is 0 Å². The van der Waals surface area contributed by atoms with E-state index in [0.29, 0.717) is 13.0 Å². The van der Waals surface area contributed by atoms with Gasteiger partial charge >= 0.3 is 18.0 Å². The largest absolute Gasteiger partial charge is 0.469 e. The van der Waals surface area contributed by atoms with Gasteiger partial charge in [0.1, 0.15) is 18.2 Å². The van der Waals surface area contributed by atoms with Crippen molar-refractivity contribution in [1.29, 1.82) is 0 Å². The molecular weight excluding hydrogens is 580 g/mol. The molecule has 1 aromatic carbocycles. The van der Waals surface area contributed by atoms with Crippen molar-refractivity contribution < 1.29 is 38.2 Å². The zero-order valence-electron chi connectivity index (χ0n) is 27.1. The van der Waals surface area contributed by atoms with Crippen LogP contribution in [-0.4, -0.2) is 96.2 Å². The molecule has 3 fully saturated rings. The maximum atomic E-state index is 14.3. The van der Waals surface area contributed by atoms with Gasteiger partial charge in [0.05, 0.1) is 37.7 Å². The molecule has 0 spiro atoms. The molecule has 2 saturated heterocycles. The number of nitrogens with zero attached hydrogens (tertiary/aromatic N) is 2. The van der Waals surface area contributed by atoms with Crippen molar-refractivity contribution in [3.05, 3.63) is 35.9 Å². The second kappa shape index (κ2) is 15.1. The fourth-order valence-electron chi connectivity index (χ4n) is 6.73. The van der Waals surface area contributed by atoms with E-state index in [1.807, 2.05) is 30.3 Å². The standard InChI is InChI=1S/C33H48N4O8/c1-21(34-18-26(38)45-33(2,3)4)29(39)35-27(23-14-10-7-11-15-23)30(40)36-17-16-25-28(36)24(31(41)43-5)19-37(25)32(42)44-20-22-12-8-6-9-13-22/h6,8-9,12-13,21,23-25,27-28,34H,7,10-11,14-20H2,1-5H3,(H,35,39). The minimum Gasteiger partial charge on any atom is -0.469 e. The molecule has 2 N–H and O–H groups in total. The third-order valence-electron chi connectivity index (χ3n) is 8.90. The van der Waals surface area contributed by atoms with Crippen LogP contribution in [0.2, 0.25) is 0 Å². The van der Waals surface area contributed by atoms with Crippen molar-refractivity contribution in [2.75, 3.05) is 26.7 Å². The third kappa shape index (κ3) is 8.74. The predicted molar refractivity (Wildman–Crippen MR) is 165 cm³/mol. The molecule has 1 saturated carbocycles. The van der Waals surface area contributed by atoms with Gasteiger partial charge in [0.15, 0.2) is 0 Å². The summed E-state index contributed by atoms with van der Waals surface area (Å²) in [5.74, 6) is -2.46. The number of nitrogens with one attached hydrogen (secondary N) is 2. The zero-order chi connectivity index (χ0) is 32.7. The molecule has 4 rings (SSSR count). The van der Waals surface area contributed by atoms with Crippen LogP contribution in [0.25, 0.3) is 0 Å². The van der Waals surface area contributed by atoms with Gasteiger partial charge in [-0.2, -0.15) is 0 Å². The van der Waals surface area contributed by atoms with E-state index in [-0.39, 0.29) is 31.5 Å². The highest BCUT2D eigenvalue weighted by Crippen LogP contribution is 2.38. The van der Waals surface area contributed by atoms with Crippen LogP contribution in [0.5, 0.6) is 0 Å². The number of fused-ring (bicyclic) bond motifs is 1. The highest BCUT2D eigenvalue weighted by Gasteiger charge is 2.56. The molecule has 3 aliphatic rings. The highest BCUT2D eigenvalue weighted by atomic mass is 16.6. The van der Waals surface area contributed by atoms with Gasteiger partial charge in [-0.25, -0.2) is 4.79 Å². The van der Waals surface area contributed by atoms with Crippen LogP contribution in [0.1, 0.15) is 71.8 Å². The average Bonchev–Trinajstić information content (AvgIpc) is 3.62. The maximum absolute atomic E-state index is 14.3. The molecule has 248 valence electrons. The van der Waals surface area contributed by atoms with Crippen LogP contribution in [0.3, 0.4) is 0 Å². The molecule has 2 heterocycles. The number of ether oxygens (including phenoxy) is 3. The Morgan fingerprint density at radius 1 is 0.978 bits per heavy atom. The van der Waals surface area contributed by atoms with E-state index in [9.17, 15) is 24.0 Å². The summed E-state index contributed by atoms with van der Waals surface area (Å²) in [5, 5.41) is 5.88. The quantitative estimate of drug-likeness (QED) is 0.295. The Kier molecular flexibility index (Phi) is 11.5. The first-order valence-corrected chi connectivity index (χ1v) is 16.0. The summed E-state index contributed by atoms with van der Waals surface area (Å²) >= 11 is 0. The highest BCUT2D eigenvalue weighted by molar-refractivity contribution is 5.91. The molecule has 0 radical (unpaired) electrons. The number of esters is 2. The van der Waals surface area contributed by atoms with Crippen LogP contribution in [0, 0.1) is 11.8 Å². The van der Waals surface area contributed by atoms with Gasteiger partial charge in [0, 0.05) is 13.1 Å². The van der Waals surface area contributed by atoms with Crippen LogP contribution in [0.15, 0.2) is 30.3 Å². The number of carbonyl (C=O) groups is 5. The molecule has 12 nitrogen and oxygen atoms in total. The fraction of sp³-hybridized carbons (Fsp3) is 0.667. The molecule has 0 aromatic heterocycles. The van der Waals surface area contributed by atoms with Crippen LogP contribution < -0.4 is 10.6 Å². The van der Waals surface area contributed by atoms with Crippen molar-refractivity contribution in [3.8, 4) is 0 Å². The molecule has 5 unspecified atom stereocenters. The third-order valence-corrected chi connectivity index (χ3v) is 8.90. The first kappa shape index (κ1) is 34.2. The van der Waals surface area contributed by atoms with E-state index in [2.05, 4.69) is 10.6 Å². The molecule has 5 atom stereocenters. The summed E-state index contributed by atoms with van der Waals surface area (Å²) in [6.45, 7) is 7.29. The van der Waals surface area contributed by atoms with Crippen LogP contribution >= 0.6 is 0 Å². The average molecular weight is 629 g/mol. The van der Waals surface area contributed by atoms with Crippen molar-refractivity contribution in [1.82, 2.24) is 20.4 Å². The molecule has 0 bridgehead atoms. The Labute approximate surface area is 265 Å². The first-order valence-electron chi connectivity index (χ1n) is 16.0. The van der Waals surface area contributed by atoms with Gasteiger partial charge in [0.2, 0.25) is 11.8 Å². The summed E-state index contributed by atoms with van der Waals surface area (Å²) in [5.41, 5.74) is 0.197. The van der Waals surface area contributed by atoms with Crippen molar-refractivity contribution in [3.63, 3.8) is 0 Å². The number of hydrogen-bond acceptors (Lipinski definition) is 9. The van der Waals surface area contributed by atoms with Crippen molar-refractivity contribution in [2.24, 2.45) is 11.8 Å². The maximum Gasteiger partial charge on any atom is 0.410 e. The SMILES string of the molecule is COC(=O)C1CN(C(=O)OCc2ccccc2)C2CCN(C(=O)C(NC(=O)C(C)NCC(=O)OC(C)(C)C)C3CCCCC3)C12. The molecule has 1 aliphatic carbocycles. The van der Waals surface area contributed by atoms with Gasteiger partial charge in [-0.15, -0.1) is 0 Å². The van der Waals surface area contributed by atoms with E-state index in [1.165, 1.54) is 7.11 Å². The zero-order valence-corrected chi connectivity index (χ0v) is 27.1. The summed E-state index contributed by atoms with van der Waals surface area (Å²) in [6, 6.07) is 6.75. The van der Waals surface area contributed by atoms with Gasteiger partial charge in [-0.1, -0.05) is 49.6 Å². The van der Waals surface area contributed by atoms with E-state index in [0.717, 1.165) is 37.7 Å². The fourth-order valence-corrected chi connectivity index (χ4v) is 6.73. The lowest BCUT2D eigenvalue weighted by Gasteiger charge is -2.36. The Morgan fingerprint density at radius 3 is 2.31 bits per heavy atom. The lowest BCUT2D eigenvalue weighted by atomic mass is 9.83. The lowest BCUT2D eigenvalue weighted by Crippen LogP contribution is -2.58. The number of amides is 3. The molecule has 2 aliphatic heterocycles. The summed E-state index contributed by atoms with van der Waals surface area (Å²) < 4.78 is 16.0. The first-order chi connectivity index (χ1) is 21.4. The minimum absolute atomic E-state index is 0.0720.